The number of ether oxygens (including phenoxy) is 3. The van der Waals surface area contributed by atoms with Crippen molar-refractivity contribution in [2.45, 2.75) is 0 Å². The first-order valence-electron chi connectivity index (χ1n) is 9.07. The Kier molecular flexibility index (Phi) is 7.12. The third-order valence-electron chi connectivity index (χ3n) is 4.21. The van der Waals surface area contributed by atoms with Crippen molar-refractivity contribution in [3.63, 3.8) is 0 Å². The molecule has 9 heteroatoms. The van der Waals surface area contributed by atoms with E-state index in [0.717, 1.165) is 0 Å². The third kappa shape index (κ3) is 5.76. The maximum Gasteiger partial charge on any atom is 0.272 e. The normalized spacial score (nSPS) is 13.9. The first-order chi connectivity index (χ1) is 14.2. The molecule has 1 aliphatic rings. The van der Waals surface area contributed by atoms with Crippen molar-refractivity contribution >= 4 is 18.0 Å². The average Bonchev–Trinajstić information content (AvgIpc) is 2.78. The zero-order valence-electron chi connectivity index (χ0n) is 16.0. The molecule has 1 N–H and O–H groups in total. The Morgan fingerprint density at radius 2 is 2.10 bits per heavy atom. The van der Waals surface area contributed by atoms with Gasteiger partial charge in [-0.25, -0.2) is 5.43 Å². The van der Waals surface area contributed by atoms with Crippen LogP contribution >= 0.6 is 0 Å². The number of nitrogens with one attached hydrogen (secondary N) is 1. The fourth-order valence-corrected chi connectivity index (χ4v) is 2.65. The summed E-state index contributed by atoms with van der Waals surface area (Å²) >= 11 is 0. The highest BCUT2D eigenvalue weighted by Gasteiger charge is 2.18. The van der Waals surface area contributed by atoms with Crippen molar-refractivity contribution in [1.82, 2.24) is 15.3 Å². The summed E-state index contributed by atoms with van der Waals surface area (Å²) in [6.07, 6.45) is 4.53. The lowest BCUT2D eigenvalue weighted by Crippen LogP contribution is -2.43. The van der Waals surface area contributed by atoms with Gasteiger partial charge in [-0.15, -0.1) is 0 Å². The standard InChI is InChI=1S/C20H22N4O5/c1-27-18-11-15(12-22-23-20(26)16-3-2-6-21-13-16)4-5-17(18)29-14-19(25)24-7-9-28-10-8-24/h2-6,11-13H,7-10,14H2,1H3,(H,23,26)/b22-12+. The molecule has 0 radical (unpaired) electrons. The Hall–Kier alpha value is -3.46. The number of amides is 2. The summed E-state index contributed by atoms with van der Waals surface area (Å²) in [5.41, 5.74) is 3.54. The molecule has 0 bridgehead atoms. The molecule has 1 saturated heterocycles. The lowest BCUT2D eigenvalue weighted by Gasteiger charge is -2.26. The van der Waals surface area contributed by atoms with E-state index in [2.05, 4.69) is 15.5 Å². The Bertz CT molecular complexity index is 866. The van der Waals surface area contributed by atoms with Crippen LogP contribution in [0.15, 0.2) is 47.8 Å². The van der Waals surface area contributed by atoms with Gasteiger partial charge >= 0.3 is 0 Å². The molecule has 1 aliphatic heterocycles. The summed E-state index contributed by atoms with van der Waals surface area (Å²) in [5.74, 6) is 0.454. The van der Waals surface area contributed by atoms with Crippen molar-refractivity contribution in [1.29, 1.82) is 0 Å². The highest BCUT2D eigenvalue weighted by Crippen LogP contribution is 2.27. The van der Waals surface area contributed by atoms with Crippen molar-refractivity contribution in [3.05, 3.63) is 53.9 Å². The Labute approximate surface area is 168 Å². The highest BCUT2D eigenvalue weighted by atomic mass is 16.5. The van der Waals surface area contributed by atoms with Gasteiger partial charge in [-0.3, -0.25) is 14.6 Å². The zero-order valence-corrected chi connectivity index (χ0v) is 16.0. The lowest BCUT2D eigenvalue weighted by atomic mass is 10.2. The van der Waals surface area contributed by atoms with E-state index in [1.165, 1.54) is 19.5 Å². The van der Waals surface area contributed by atoms with Crippen molar-refractivity contribution in [2.75, 3.05) is 40.0 Å². The van der Waals surface area contributed by atoms with Gasteiger partial charge in [-0.2, -0.15) is 5.10 Å². The van der Waals surface area contributed by atoms with Crippen LogP contribution in [0.4, 0.5) is 0 Å². The average molecular weight is 398 g/mol. The number of hydrogen-bond donors (Lipinski definition) is 1. The second-order valence-electron chi connectivity index (χ2n) is 6.13. The van der Waals surface area contributed by atoms with Gasteiger partial charge in [0, 0.05) is 25.5 Å². The number of methoxy groups -OCH3 is 1. The topological polar surface area (TPSA) is 102 Å². The number of carbonyl (C=O) groups excluding carboxylic acids is 2. The quantitative estimate of drug-likeness (QED) is 0.553. The molecule has 0 saturated carbocycles. The summed E-state index contributed by atoms with van der Waals surface area (Å²) in [6.45, 7) is 2.14. The van der Waals surface area contributed by atoms with Gasteiger partial charge in [-0.1, -0.05) is 0 Å². The van der Waals surface area contributed by atoms with Gasteiger partial charge in [0.2, 0.25) is 0 Å². The summed E-state index contributed by atoms with van der Waals surface area (Å²) in [7, 11) is 1.51. The SMILES string of the molecule is COc1cc(/C=N/NC(=O)c2cccnc2)ccc1OCC(=O)N1CCOCC1. The van der Waals surface area contributed by atoms with Gasteiger partial charge in [0.15, 0.2) is 18.1 Å². The Morgan fingerprint density at radius 3 is 2.83 bits per heavy atom. The van der Waals surface area contributed by atoms with Crippen LogP contribution < -0.4 is 14.9 Å². The molecule has 152 valence electrons. The maximum atomic E-state index is 12.2. The molecular formula is C20H22N4O5. The number of aromatic nitrogens is 1. The van der Waals surface area contributed by atoms with Crippen LogP contribution in [-0.2, 0) is 9.53 Å². The molecule has 2 aromatic rings. The van der Waals surface area contributed by atoms with E-state index in [9.17, 15) is 9.59 Å². The second-order valence-corrected chi connectivity index (χ2v) is 6.13. The molecule has 1 aromatic carbocycles. The predicted octanol–water partition coefficient (Wildman–Crippen LogP) is 1.09. The van der Waals surface area contributed by atoms with Crippen LogP contribution in [0.2, 0.25) is 0 Å². The molecule has 0 spiro atoms. The molecule has 1 fully saturated rings. The van der Waals surface area contributed by atoms with E-state index in [-0.39, 0.29) is 18.4 Å². The molecule has 29 heavy (non-hydrogen) atoms. The van der Waals surface area contributed by atoms with Crippen molar-refractivity contribution < 1.29 is 23.8 Å². The van der Waals surface area contributed by atoms with Crippen LogP contribution in [0.1, 0.15) is 15.9 Å². The van der Waals surface area contributed by atoms with Crippen LogP contribution in [0.25, 0.3) is 0 Å². The number of nitrogens with zero attached hydrogens (tertiary/aromatic N) is 3. The number of carbonyl (C=O) groups is 2. The van der Waals surface area contributed by atoms with Crippen molar-refractivity contribution in [2.24, 2.45) is 5.10 Å². The van der Waals surface area contributed by atoms with Crippen LogP contribution in [0.3, 0.4) is 0 Å². The smallest absolute Gasteiger partial charge is 0.272 e. The fourth-order valence-electron chi connectivity index (χ4n) is 2.65. The van der Waals surface area contributed by atoms with E-state index >= 15 is 0 Å². The Balaban J connectivity index is 1.56. The largest absolute Gasteiger partial charge is 0.493 e. The Morgan fingerprint density at radius 1 is 1.28 bits per heavy atom. The van der Waals surface area contributed by atoms with E-state index in [1.807, 2.05) is 0 Å². The first kappa shape index (κ1) is 20.3. The molecule has 0 aliphatic carbocycles. The second kappa shape index (κ2) is 10.2. The first-order valence-corrected chi connectivity index (χ1v) is 9.07. The minimum atomic E-state index is -0.358. The number of hydrazone groups is 1. The summed E-state index contributed by atoms with van der Waals surface area (Å²) in [4.78, 5) is 29.7. The molecule has 9 nitrogen and oxygen atoms in total. The number of morpholine rings is 1. The van der Waals surface area contributed by atoms with Crippen LogP contribution in [0, 0.1) is 0 Å². The minimum Gasteiger partial charge on any atom is -0.493 e. The van der Waals surface area contributed by atoms with E-state index < -0.39 is 0 Å². The minimum absolute atomic E-state index is 0.0784. The van der Waals surface area contributed by atoms with E-state index in [0.29, 0.717) is 48.9 Å². The van der Waals surface area contributed by atoms with Crippen LogP contribution in [-0.4, -0.2) is 67.9 Å². The molecular weight excluding hydrogens is 376 g/mol. The van der Waals surface area contributed by atoms with Gasteiger partial charge in [0.25, 0.3) is 11.8 Å². The van der Waals surface area contributed by atoms with E-state index in [1.54, 1.807) is 41.4 Å². The van der Waals surface area contributed by atoms with Gasteiger partial charge in [0.1, 0.15) is 0 Å². The lowest BCUT2D eigenvalue weighted by molar-refractivity contribution is -0.137. The summed E-state index contributed by atoms with van der Waals surface area (Å²) in [6, 6.07) is 8.46. The summed E-state index contributed by atoms with van der Waals surface area (Å²) in [5, 5.41) is 3.94. The van der Waals surface area contributed by atoms with Gasteiger partial charge in [0.05, 0.1) is 32.1 Å². The molecule has 3 rings (SSSR count). The molecule has 1 aromatic heterocycles. The zero-order chi connectivity index (χ0) is 20.5. The number of rotatable bonds is 7. The maximum absolute atomic E-state index is 12.2. The number of pyridine rings is 1. The van der Waals surface area contributed by atoms with E-state index in [4.69, 9.17) is 14.2 Å². The predicted molar refractivity (Wildman–Crippen MR) is 105 cm³/mol. The number of hydrogen-bond acceptors (Lipinski definition) is 7. The fraction of sp³-hybridized carbons (Fsp3) is 0.300. The van der Waals surface area contributed by atoms with Crippen LogP contribution in [0.5, 0.6) is 11.5 Å². The molecule has 2 heterocycles. The molecule has 0 atom stereocenters. The van der Waals surface area contributed by atoms with Gasteiger partial charge in [-0.05, 0) is 35.9 Å². The van der Waals surface area contributed by atoms with Crippen molar-refractivity contribution in [3.8, 4) is 11.5 Å². The summed E-state index contributed by atoms with van der Waals surface area (Å²) < 4.78 is 16.2. The molecule has 0 unspecified atom stereocenters. The molecule has 2 amide bonds. The highest BCUT2D eigenvalue weighted by molar-refractivity contribution is 5.94. The monoisotopic (exact) mass is 398 g/mol. The third-order valence-corrected chi connectivity index (χ3v) is 4.21. The number of benzene rings is 1. The van der Waals surface area contributed by atoms with Gasteiger partial charge < -0.3 is 19.1 Å².